The molecule has 20 heavy (non-hydrogen) atoms. The molecule has 0 fully saturated rings. The van der Waals surface area contributed by atoms with E-state index in [1.54, 1.807) is 13.2 Å². The summed E-state index contributed by atoms with van der Waals surface area (Å²) in [6.45, 7) is 0. The molecule has 2 N–H and O–H groups in total. The molecule has 0 atom stereocenters. The van der Waals surface area contributed by atoms with E-state index >= 15 is 0 Å². The summed E-state index contributed by atoms with van der Waals surface area (Å²) in [5.41, 5.74) is 2.06. The van der Waals surface area contributed by atoms with Crippen LogP contribution in [0.1, 0.15) is 10.5 Å². The highest BCUT2D eigenvalue weighted by molar-refractivity contribution is 6.02. The van der Waals surface area contributed by atoms with Gasteiger partial charge in [0, 0.05) is 32.5 Å². The molecule has 2 rings (SSSR count). The Morgan fingerprint density at radius 1 is 1.15 bits per heavy atom. The SMILES string of the molecule is CNc1cncc(C(=O)Nc2ccc(N(C)C)cc2)n1. The number of anilines is 3. The van der Waals surface area contributed by atoms with Gasteiger partial charge >= 0.3 is 0 Å². The molecular formula is C14H17N5O. The van der Waals surface area contributed by atoms with Gasteiger partial charge in [-0.1, -0.05) is 0 Å². The van der Waals surface area contributed by atoms with E-state index in [1.807, 2.05) is 43.3 Å². The van der Waals surface area contributed by atoms with Gasteiger partial charge in [0.15, 0.2) is 0 Å². The van der Waals surface area contributed by atoms with Gasteiger partial charge in [-0.15, -0.1) is 0 Å². The van der Waals surface area contributed by atoms with Gasteiger partial charge in [-0.25, -0.2) is 4.98 Å². The molecule has 1 heterocycles. The molecule has 0 saturated heterocycles. The van der Waals surface area contributed by atoms with E-state index in [0.29, 0.717) is 5.82 Å². The molecule has 0 bridgehead atoms. The number of nitrogens with one attached hydrogen (secondary N) is 2. The first-order valence-electron chi connectivity index (χ1n) is 6.18. The number of carbonyl (C=O) groups is 1. The number of hydrogen-bond donors (Lipinski definition) is 2. The van der Waals surface area contributed by atoms with E-state index < -0.39 is 0 Å². The van der Waals surface area contributed by atoms with Crippen LogP contribution >= 0.6 is 0 Å². The van der Waals surface area contributed by atoms with Crippen LogP contribution in [-0.2, 0) is 0 Å². The molecular weight excluding hydrogens is 254 g/mol. The maximum atomic E-state index is 12.0. The van der Waals surface area contributed by atoms with Crippen LogP contribution in [0.3, 0.4) is 0 Å². The second kappa shape index (κ2) is 6.01. The Balaban J connectivity index is 2.10. The number of rotatable bonds is 4. The zero-order chi connectivity index (χ0) is 14.5. The molecule has 0 unspecified atom stereocenters. The highest BCUT2D eigenvalue weighted by atomic mass is 16.1. The quantitative estimate of drug-likeness (QED) is 0.888. The third kappa shape index (κ3) is 3.23. The van der Waals surface area contributed by atoms with E-state index in [1.165, 1.54) is 6.20 Å². The topological polar surface area (TPSA) is 70.2 Å². The minimum absolute atomic E-state index is 0.272. The standard InChI is InChI=1S/C14H17N5O/c1-15-13-9-16-8-12(18-13)14(20)17-10-4-6-11(7-5-10)19(2)3/h4-9H,1-3H3,(H,15,18)(H,17,20). The fourth-order valence-corrected chi connectivity index (χ4v) is 1.63. The van der Waals surface area contributed by atoms with Crippen molar-refractivity contribution in [3.05, 3.63) is 42.4 Å². The summed E-state index contributed by atoms with van der Waals surface area (Å²) in [7, 11) is 5.66. The summed E-state index contributed by atoms with van der Waals surface area (Å²) < 4.78 is 0. The Kier molecular flexibility index (Phi) is 4.14. The molecule has 0 aliphatic rings. The third-order valence-electron chi connectivity index (χ3n) is 2.76. The van der Waals surface area contributed by atoms with Crippen LogP contribution in [0.25, 0.3) is 0 Å². The van der Waals surface area contributed by atoms with Gasteiger partial charge in [-0.2, -0.15) is 0 Å². The molecule has 1 aromatic carbocycles. The molecule has 0 aliphatic carbocycles. The highest BCUT2D eigenvalue weighted by Gasteiger charge is 2.09. The summed E-state index contributed by atoms with van der Waals surface area (Å²) in [5, 5.41) is 5.63. The largest absolute Gasteiger partial charge is 0.378 e. The Morgan fingerprint density at radius 3 is 2.45 bits per heavy atom. The zero-order valence-corrected chi connectivity index (χ0v) is 11.7. The van der Waals surface area contributed by atoms with Gasteiger partial charge in [0.2, 0.25) is 0 Å². The number of aromatic nitrogens is 2. The molecule has 1 aromatic heterocycles. The van der Waals surface area contributed by atoms with Crippen LogP contribution in [-0.4, -0.2) is 37.0 Å². The van der Waals surface area contributed by atoms with Crippen LogP contribution in [0.2, 0.25) is 0 Å². The molecule has 0 aliphatic heterocycles. The predicted octanol–water partition coefficient (Wildman–Crippen LogP) is 1.84. The summed E-state index contributed by atoms with van der Waals surface area (Å²) in [5.74, 6) is 0.271. The maximum absolute atomic E-state index is 12.0. The Labute approximate surface area is 117 Å². The highest BCUT2D eigenvalue weighted by Crippen LogP contribution is 2.16. The summed E-state index contributed by atoms with van der Waals surface area (Å²) in [4.78, 5) is 22.1. The molecule has 6 nitrogen and oxygen atoms in total. The molecule has 0 spiro atoms. The lowest BCUT2D eigenvalue weighted by molar-refractivity contribution is 0.102. The van der Waals surface area contributed by atoms with Crippen molar-refractivity contribution in [2.45, 2.75) is 0 Å². The van der Waals surface area contributed by atoms with Gasteiger partial charge in [0.05, 0.1) is 12.4 Å². The fraction of sp³-hybridized carbons (Fsp3) is 0.214. The molecule has 104 valence electrons. The second-order valence-corrected chi connectivity index (χ2v) is 4.43. The maximum Gasteiger partial charge on any atom is 0.275 e. The third-order valence-corrected chi connectivity index (χ3v) is 2.76. The minimum atomic E-state index is -0.285. The fourth-order valence-electron chi connectivity index (χ4n) is 1.63. The van der Waals surface area contributed by atoms with Gasteiger partial charge in [-0.05, 0) is 24.3 Å². The van der Waals surface area contributed by atoms with Crippen molar-refractivity contribution >= 4 is 23.1 Å². The molecule has 0 radical (unpaired) electrons. The normalized spacial score (nSPS) is 9.95. The lowest BCUT2D eigenvalue weighted by Gasteiger charge is -2.13. The monoisotopic (exact) mass is 271 g/mol. The Hall–Kier alpha value is -2.63. The average Bonchev–Trinajstić information content (AvgIpc) is 2.47. The predicted molar refractivity (Wildman–Crippen MR) is 80.3 cm³/mol. The van der Waals surface area contributed by atoms with Crippen molar-refractivity contribution in [3.63, 3.8) is 0 Å². The smallest absolute Gasteiger partial charge is 0.275 e. The molecule has 6 heteroatoms. The summed E-state index contributed by atoms with van der Waals surface area (Å²) in [6, 6.07) is 7.57. The second-order valence-electron chi connectivity index (χ2n) is 4.43. The van der Waals surface area contributed by atoms with Gasteiger partial charge < -0.3 is 15.5 Å². The summed E-state index contributed by atoms with van der Waals surface area (Å²) in [6.07, 6.45) is 2.99. The van der Waals surface area contributed by atoms with Crippen molar-refractivity contribution in [1.82, 2.24) is 9.97 Å². The summed E-state index contributed by atoms with van der Waals surface area (Å²) >= 11 is 0. The lowest BCUT2D eigenvalue weighted by atomic mass is 10.2. The van der Waals surface area contributed by atoms with E-state index in [9.17, 15) is 4.79 Å². The molecule has 1 amide bonds. The number of carbonyl (C=O) groups excluding carboxylic acids is 1. The van der Waals surface area contributed by atoms with E-state index in [-0.39, 0.29) is 11.6 Å². The first-order valence-corrected chi connectivity index (χ1v) is 6.18. The number of amides is 1. The Bertz CT molecular complexity index is 595. The van der Waals surface area contributed by atoms with Crippen LogP contribution < -0.4 is 15.5 Å². The lowest BCUT2D eigenvalue weighted by Crippen LogP contribution is -2.15. The number of nitrogens with zero attached hydrogens (tertiary/aromatic N) is 3. The molecule has 0 saturated carbocycles. The van der Waals surface area contributed by atoms with Crippen molar-refractivity contribution in [2.75, 3.05) is 36.7 Å². The first-order chi connectivity index (χ1) is 9.60. The number of benzene rings is 1. The van der Waals surface area contributed by atoms with Gasteiger partial charge in [0.25, 0.3) is 5.91 Å². The molecule has 2 aromatic rings. The van der Waals surface area contributed by atoms with Crippen molar-refractivity contribution in [3.8, 4) is 0 Å². The zero-order valence-electron chi connectivity index (χ0n) is 11.7. The van der Waals surface area contributed by atoms with Crippen molar-refractivity contribution in [2.24, 2.45) is 0 Å². The first kappa shape index (κ1) is 13.8. The number of hydrogen-bond acceptors (Lipinski definition) is 5. The average molecular weight is 271 g/mol. The Morgan fingerprint density at radius 2 is 1.85 bits per heavy atom. The van der Waals surface area contributed by atoms with Gasteiger partial charge in [-0.3, -0.25) is 9.78 Å². The van der Waals surface area contributed by atoms with Gasteiger partial charge in [0.1, 0.15) is 11.5 Å². The van der Waals surface area contributed by atoms with Crippen molar-refractivity contribution in [1.29, 1.82) is 0 Å². The van der Waals surface area contributed by atoms with E-state index in [0.717, 1.165) is 11.4 Å². The van der Waals surface area contributed by atoms with E-state index in [4.69, 9.17) is 0 Å². The van der Waals surface area contributed by atoms with Crippen molar-refractivity contribution < 1.29 is 4.79 Å². The van der Waals surface area contributed by atoms with Crippen LogP contribution in [0, 0.1) is 0 Å². The minimum Gasteiger partial charge on any atom is -0.378 e. The van der Waals surface area contributed by atoms with Crippen LogP contribution in [0.4, 0.5) is 17.2 Å². The van der Waals surface area contributed by atoms with Crippen LogP contribution in [0.15, 0.2) is 36.7 Å². The van der Waals surface area contributed by atoms with Crippen LogP contribution in [0.5, 0.6) is 0 Å². The van der Waals surface area contributed by atoms with E-state index in [2.05, 4.69) is 20.6 Å².